The Bertz CT molecular complexity index is 1510. The summed E-state index contributed by atoms with van der Waals surface area (Å²) < 4.78 is 5.45. The predicted octanol–water partition coefficient (Wildman–Crippen LogP) is 5.78. The normalized spacial score (nSPS) is 15.7. The Balaban J connectivity index is 1.28. The molecule has 4 aromatic rings. The Labute approximate surface area is 213 Å². The second-order valence-electron chi connectivity index (χ2n) is 9.39. The quantitative estimate of drug-likeness (QED) is 0.339. The Morgan fingerprint density at radius 2 is 2.03 bits per heavy atom. The van der Waals surface area contributed by atoms with Crippen LogP contribution in [0, 0.1) is 24.2 Å². The van der Waals surface area contributed by atoms with E-state index in [1.54, 1.807) is 18.2 Å². The number of thiophene rings is 1. The molecule has 0 fully saturated rings. The Hall–Kier alpha value is -3.96. The van der Waals surface area contributed by atoms with Crippen LogP contribution in [0.1, 0.15) is 52.2 Å². The van der Waals surface area contributed by atoms with Gasteiger partial charge in [0.2, 0.25) is 0 Å². The lowest BCUT2D eigenvalue weighted by atomic mass is 9.88. The number of aryl methyl sites for hydroxylation is 1. The summed E-state index contributed by atoms with van der Waals surface area (Å²) in [4.78, 5) is 34.6. The van der Waals surface area contributed by atoms with E-state index in [2.05, 4.69) is 28.3 Å². The number of fused-ring (bicyclic) bond motifs is 2. The van der Waals surface area contributed by atoms with Crippen LogP contribution >= 0.6 is 11.3 Å². The molecule has 2 heterocycles. The second-order valence-corrected chi connectivity index (χ2v) is 10.5. The zero-order chi connectivity index (χ0) is 25.4. The minimum absolute atomic E-state index is 0.319. The standard InChI is InChI=1S/C28H26N4O3S/c1-15-4-7-18(8-5-15)25-30-22-11-9-19(13-23(22)31-25)28(34)35-17(3)26(33)32-27-21(14-29)20-10-6-16(2)12-24(20)36-27/h4-5,7-9,11,13,16-17H,6,10,12H2,1-3H3,(H,30,31)(H,32,33). The molecule has 1 aliphatic carbocycles. The largest absolute Gasteiger partial charge is 0.449 e. The van der Waals surface area contributed by atoms with Gasteiger partial charge < -0.3 is 15.0 Å². The molecule has 182 valence electrons. The lowest BCUT2D eigenvalue weighted by molar-refractivity contribution is -0.123. The zero-order valence-corrected chi connectivity index (χ0v) is 21.2. The molecule has 1 aliphatic rings. The first-order chi connectivity index (χ1) is 17.3. The number of carbonyl (C=O) groups is 2. The summed E-state index contributed by atoms with van der Waals surface area (Å²) >= 11 is 1.45. The fourth-order valence-corrected chi connectivity index (χ4v) is 5.80. The third-order valence-electron chi connectivity index (χ3n) is 6.56. The van der Waals surface area contributed by atoms with Crippen molar-refractivity contribution < 1.29 is 14.3 Å². The van der Waals surface area contributed by atoms with Crippen molar-refractivity contribution in [2.45, 2.75) is 46.1 Å². The number of anilines is 1. The summed E-state index contributed by atoms with van der Waals surface area (Å²) in [6.07, 6.45) is 1.77. The number of amides is 1. The number of carbonyl (C=O) groups excluding carboxylic acids is 2. The van der Waals surface area contributed by atoms with Crippen molar-refractivity contribution in [1.82, 2.24) is 9.97 Å². The summed E-state index contributed by atoms with van der Waals surface area (Å²) in [5.41, 5.74) is 5.44. The number of nitrogens with zero attached hydrogens (tertiary/aromatic N) is 2. The van der Waals surface area contributed by atoms with Crippen LogP contribution in [0.3, 0.4) is 0 Å². The molecule has 0 spiro atoms. The Morgan fingerprint density at radius 3 is 2.78 bits per heavy atom. The number of rotatable bonds is 5. The number of H-pyrrole nitrogens is 1. The molecule has 2 N–H and O–H groups in total. The van der Waals surface area contributed by atoms with Gasteiger partial charge in [-0.05, 0) is 62.8 Å². The minimum Gasteiger partial charge on any atom is -0.449 e. The van der Waals surface area contributed by atoms with E-state index in [1.807, 2.05) is 31.2 Å². The summed E-state index contributed by atoms with van der Waals surface area (Å²) in [6.45, 7) is 5.75. The molecule has 0 saturated carbocycles. The number of hydrogen-bond acceptors (Lipinski definition) is 6. The van der Waals surface area contributed by atoms with Gasteiger partial charge in [0, 0.05) is 10.4 Å². The number of nitriles is 1. The topological polar surface area (TPSA) is 108 Å². The van der Waals surface area contributed by atoms with Crippen LogP contribution in [-0.4, -0.2) is 27.9 Å². The minimum atomic E-state index is -1.03. The van der Waals surface area contributed by atoms with Crippen LogP contribution in [-0.2, 0) is 22.4 Å². The number of aromatic amines is 1. The van der Waals surface area contributed by atoms with Crippen LogP contribution in [0.2, 0.25) is 0 Å². The van der Waals surface area contributed by atoms with Gasteiger partial charge in [-0.15, -0.1) is 11.3 Å². The molecule has 7 nitrogen and oxygen atoms in total. The summed E-state index contributed by atoms with van der Waals surface area (Å²) in [5.74, 6) is 0.206. The van der Waals surface area contributed by atoms with Crippen molar-refractivity contribution in [2.24, 2.45) is 5.92 Å². The lowest BCUT2D eigenvalue weighted by Gasteiger charge is -2.17. The molecule has 1 amide bonds. The van der Waals surface area contributed by atoms with Gasteiger partial charge in [-0.3, -0.25) is 4.79 Å². The van der Waals surface area contributed by atoms with Crippen LogP contribution in [0.25, 0.3) is 22.4 Å². The number of ether oxygens (including phenoxy) is 1. The molecule has 0 bridgehead atoms. The van der Waals surface area contributed by atoms with Crippen molar-refractivity contribution in [3.05, 3.63) is 69.6 Å². The average Bonchev–Trinajstić information content (AvgIpc) is 3.44. The first-order valence-corrected chi connectivity index (χ1v) is 12.8. The van der Waals surface area contributed by atoms with Gasteiger partial charge in [-0.1, -0.05) is 36.8 Å². The number of benzene rings is 2. The van der Waals surface area contributed by atoms with Gasteiger partial charge in [0.05, 0.1) is 22.2 Å². The third-order valence-corrected chi connectivity index (χ3v) is 7.73. The molecule has 2 unspecified atom stereocenters. The highest BCUT2D eigenvalue weighted by molar-refractivity contribution is 7.16. The van der Waals surface area contributed by atoms with E-state index in [9.17, 15) is 14.9 Å². The van der Waals surface area contributed by atoms with Gasteiger partial charge in [-0.25, -0.2) is 9.78 Å². The Kier molecular flexibility index (Phi) is 6.33. The maximum Gasteiger partial charge on any atom is 0.338 e. The predicted molar refractivity (Wildman–Crippen MR) is 140 cm³/mol. The van der Waals surface area contributed by atoms with Gasteiger partial charge in [0.25, 0.3) is 5.91 Å². The van der Waals surface area contributed by atoms with Gasteiger partial charge >= 0.3 is 5.97 Å². The number of aromatic nitrogens is 2. The first-order valence-electron chi connectivity index (χ1n) is 12.0. The van der Waals surface area contributed by atoms with Crippen molar-refractivity contribution in [3.8, 4) is 17.5 Å². The van der Waals surface area contributed by atoms with E-state index in [0.717, 1.165) is 46.3 Å². The molecule has 2 atom stereocenters. The first kappa shape index (κ1) is 23.8. The van der Waals surface area contributed by atoms with E-state index in [4.69, 9.17) is 4.74 Å². The molecule has 0 radical (unpaired) electrons. The fraction of sp³-hybridized carbons (Fsp3) is 0.286. The van der Waals surface area contributed by atoms with Crippen LogP contribution in [0.4, 0.5) is 5.00 Å². The number of esters is 1. The van der Waals surface area contributed by atoms with Gasteiger partial charge in [0.15, 0.2) is 6.10 Å². The number of imidazole rings is 1. The maximum atomic E-state index is 12.8. The van der Waals surface area contributed by atoms with Gasteiger partial charge in [0.1, 0.15) is 16.9 Å². The molecule has 0 aliphatic heterocycles. The number of nitrogens with one attached hydrogen (secondary N) is 2. The number of hydrogen-bond donors (Lipinski definition) is 2. The monoisotopic (exact) mass is 498 g/mol. The third kappa shape index (κ3) is 4.62. The van der Waals surface area contributed by atoms with E-state index >= 15 is 0 Å². The molecule has 0 saturated heterocycles. The molecule has 5 rings (SSSR count). The average molecular weight is 499 g/mol. The fourth-order valence-electron chi connectivity index (χ4n) is 4.44. The van der Waals surface area contributed by atoms with E-state index in [0.29, 0.717) is 33.4 Å². The zero-order valence-electron chi connectivity index (χ0n) is 20.3. The molecule has 8 heteroatoms. The Morgan fingerprint density at radius 1 is 1.25 bits per heavy atom. The second kappa shape index (κ2) is 9.59. The summed E-state index contributed by atoms with van der Waals surface area (Å²) in [7, 11) is 0. The SMILES string of the molecule is Cc1ccc(-c2nc3ccc(C(=O)OC(C)C(=O)Nc4sc5c(c4C#N)CCC(C)C5)cc3[nH]2)cc1. The molecular weight excluding hydrogens is 472 g/mol. The van der Waals surface area contributed by atoms with E-state index < -0.39 is 18.0 Å². The van der Waals surface area contributed by atoms with Crippen molar-refractivity contribution in [3.63, 3.8) is 0 Å². The highest BCUT2D eigenvalue weighted by atomic mass is 32.1. The van der Waals surface area contributed by atoms with Crippen molar-refractivity contribution in [2.75, 3.05) is 5.32 Å². The van der Waals surface area contributed by atoms with Crippen LogP contribution in [0.5, 0.6) is 0 Å². The molecule has 36 heavy (non-hydrogen) atoms. The maximum absolute atomic E-state index is 12.8. The molecular formula is C28H26N4O3S. The van der Waals surface area contributed by atoms with E-state index in [-0.39, 0.29) is 0 Å². The van der Waals surface area contributed by atoms with Crippen molar-refractivity contribution in [1.29, 1.82) is 5.26 Å². The van der Waals surface area contributed by atoms with Crippen LogP contribution in [0.15, 0.2) is 42.5 Å². The summed E-state index contributed by atoms with van der Waals surface area (Å²) in [6, 6.07) is 15.3. The van der Waals surface area contributed by atoms with Crippen LogP contribution < -0.4 is 5.32 Å². The highest BCUT2D eigenvalue weighted by Crippen LogP contribution is 2.39. The smallest absolute Gasteiger partial charge is 0.338 e. The van der Waals surface area contributed by atoms with Gasteiger partial charge in [-0.2, -0.15) is 5.26 Å². The van der Waals surface area contributed by atoms with E-state index in [1.165, 1.54) is 18.3 Å². The molecule has 2 aromatic heterocycles. The summed E-state index contributed by atoms with van der Waals surface area (Å²) in [5, 5.41) is 13.0. The highest BCUT2D eigenvalue weighted by Gasteiger charge is 2.27. The van der Waals surface area contributed by atoms with Crippen molar-refractivity contribution >= 4 is 39.2 Å². The lowest BCUT2D eigenvalue weighted by Crippen LogP contribution is -2.30. The molecule has 2 aromatic carbocycles.